The van der Waals surface area contributed by atoms with E-state index in [0.29, 0.717) is 24.6 Å². The van der Waals surface area contributed by atoms with Crippen LogP contribution >= 0.6 is 11.8 Å². The molecule has 1 atom stereocenters. The Labute approximate surface area is 107 Å². The lowest BCUT2D eigenvalue weighted by Crippen LogP contribution is -2.31. The molecule has 1 rings (SSSR count). The summed E-state index contributed by atoms with van der Waals surface area (Å²) in [4.78, 5) is 13.0. The third-order valence-corrected chi connectivity index (χ3v) is 3.34. The second-order valence-electron chi connectivity index (χ2n) is 4.01. The van der Waals surface area contributed by atoms with Crippen LogP contribution in [0.4, 0.5) is 0 Å². The molecule has 0 radical (unpaired) electrons. The summed E-state index contributed by atoms with van der Waals surface area (Å²) >= 11 is 1.77. The second kappa shape index (κ2) is 7.35. The summed E-state index contributed by atoms with van der Waals surface area (Å²) in [6.45, 7) is 5.34. The van der Waals surface area contributed by atoms with Gasteiger partial charge in [-0.15, -0.1) is 11.8 Å². The Kier molecular flexibility index (Phi) is 6.08. The smallest absolute Gasteiger partial charge is 0.251 e. The van der Waals surface area contributed by atoms with Gasteiger partial charge in [0, 0.05) is 17.0 Å². The van der Waals surface area contributed by atoms with Gasteiger partial charge < -0.3 is 11.1 Å². The number of hydrogen-bond donors (Lipinski definition) is 2. The van der Waals surface area contributed by atoms with Crippen molar-refractivity contribution in [2.24, 2.45) is 11.7 Å². The molecule has 0 saturated heterocycles. The summed E-state index contributed by atoms with van der Waals surface area (Å²) < 4.78 is 0. The van der Waals surface area contributed by atoms with Crippen molar-refractivity contribution in [1.29, 1.82) is 0 Å². The molecule has 3 nitrogen and oxygen atoms in total. The number of rotatable bonds is 6. The zero-order valence-corrected chi connectivity index (χ0v) is 11.2. The van der Waals surface area contributed by atoms with Crippen LogP contribution in [0.25, 0.3) is 0 Å². The Bertz CT molecular complexity index is 351. The van der Waals surface area contributed by atoms with Gasteiger partial charge in [0.1, 0.15) is 0 Å². The minimum atomic E-state index is -0.0293. The van der Waals surface area contributed by atoms with Crippen molar-refractivity contribution in [2.75, 3.05) is 18.8 Å². The molecule has 3 N–H and O–H groups in total. The van der Waals surface area contributed by atoms with Crippen molar-refractivity contribution in [1.82, 2.24) is 5.32 Å². The predicted octanol–water partition coefficient (Wildman–Crippen LogP) is 2.12. The Morgan fingerprint density at radius 2 is 2.06 bits per heavy atom. The van der Waals surface area contributed by atoms with Crippen LogP contribution in [-0.2, 0) is 0 Å². The minimum absolute atomic E-state index is 0.0293. The van der Waals surface area contributed by atoms with Crippen molar-refractivity contribution >= 4 is 17.7 Å². The van der Waals surface area contributed by atoms with Crippen LogP contribution in [0, 0.1) is 5.92 Å². The van der Waals surface area contributed by atoms with Crippen LogP contribution in [0.5, 0.6) is 0 Å². The number of amides is 1. The molecular formula is C13H20N2OS. The average molecular weight is 252 g/mol. The molecule has 0 fully saturated rings. The summed E-state index contributed by atoms with van der Waals surface area (Å²) in [7, 11) is 0. The molecule has 1 unspecified atom stereocenters. The maximum absolute atomic E-state index is 11.8. The van der Waals surface area contributed by atoms with Crippen molar-refractivity contribution in [2.45, 2.75) is 18.7 Å². The number of carbonyl (C=O) groups excluding carboxylic acids is 1. The number of carbonyl (C=O) groups is 1. The summed E-state index contributed by atoms with van der Waals surface area (Å²) in [5.74, 6) is 1.33. The summed E-state index contributed by atoms with van der Waals surface area (Å²) in [5.41, 5.74) is 6.20. The van der Waals surface area contributed by atoms with Gasteiger partial charge in [-0.2, -0.15) is 0 Å². The molecule has 0 aromatic heterocycles. The van der Waals surface area contributed by atoms with Crippen molar-refractivity contribution in [3.05, 3.63) is 29.8 Å². The Balaban J connectivity index is 2.51. The van der Waals surface area contributed by atoms with E-state index in [2.05, 4.69) is 12.2 Å². The third kappa shape index (κ3) is 4.79. The monoisotopic (exact) mass is 252 g/mol. The van der Waals surface area contributed by atoms with Gasteiger partial charge in [0.25, 0.3) is 5.91 Å². The molecule has 0 saturated carbocycles. The highest BCUT2D eigenvalue weighted by molar-refractivity contribution is 7.99. The fourth-order valence-corrected chi connectivity index (χ4v) is 1.98. The first-order valence-corrected chi connectivity index (χ1v) is 6.87. The Morgan fingerprint density at radius 3 is 2.59 bits per heavy atom. The first kappa shape index (κ1) is 14.1. The molecular weight excluding hydrogens is 232 g/mol. The zero-order valence-electron chi connectivity index (χ0n) is 10.4. The second-order valence-corrected chi connectivity index (χ2v) is 5.35. The number of thioether (sulfide) groups is 1. The molecule has 0 heterocycles. The normalized spacial score (nSPS) is 12.2. The van der Waals surface area contributed by atoms with Crippen LogP contribution in [0.2, 0.25) is 0 Å². The molecule has 94 valence electrons. The molecule has 0 bridgehead atoms. The van der Waals surface area contributed by atoms with E-state index >= 15 is 0 Å². The van der Waals surface area contributed by atoms with E-state index in [1.165, 1.54) is 4.90 Å². The van der Waals surface area contributed by atoms with E-state index in [1.807, 2.05) is 31.2 Å². The lowest BCUT2D eigenvalue weighted by atomic mass is 10.1. The molecule has 1 amide bonds. The number of benzene rings is 1. The fourth-order valence-electron chi connectivity index (χ4n) is 1.32. The van der Waals surface area contributed by atoms with Gasteiger partial charge in [0.2, 0.25) is 0 Å². The van der Waals surface area contributed by atoms with Gasteiger partial charge in [-0.3, -0.25) is 4.79 Å². The number of hydrogen-bond acceptors (Lipinski definition) is 3. The van der Waals surface area contributed by atoms with Gasteiger partial charge in [-0.25, -0.2) is 0 Å². The first-order valence-electron chi connectivity index (χ1n) is 5.88. The maximum atomic E-state index is 11.8. The topological polar surface area (TPSA) is 55.1 Å². The Morgan fingerprint density at radius 1 is 1.41 bits per heavy atom. The summed E-state index contributed by atoms with van der Waals surface area (Å²) in [6, 6.07) is 7.69. The lowest BCUT2D eigenvalue weighted by molar-refractivity contribution is 0.0948. The molecule has 0 spiro atoms. The largest absolute Gasteiger partial charge is 0.352 e. The van der Waals surface area contributed by atoms with Crippen LogP contribution in [-0.4, -0.2) is 24.7 Å². The molecule has 0 aliphatic carbocycles. The van der Waals surface area contributed by atoms with E-state index < -0.39 is 0 Å². The SMILES string of the molecule is CCSc1ccc(C(=O)NCC(C)CN)cc1. The number of nitrogens with one attached hydrogen (secondary N) is 1. The van der Waals surface area contributed by atoms with Gasteiger partial charge in [-0.05, 0) is 42.5 Å². The highest BCUT2D eigenvalue weighted by atomic mass is 32.2. The van der Waals surface area contributed by atoms with Crippen molar-refractivity contribution < 1.29 is 4.79 Å². The Hall–Kier alpha value is -1.00. The van der Waals surface area contributed by atoms with E-state index in [1.54, 1.807) is 11.8 Å². The van der Waals surface area contributed by atoms with Crippen LogP contribution in [0.1, 0.15) is 24.2 Å². The van der Waals surface area contributed by atoms with Gasteiger partial charge in [-0.1, -0.05) is 13.8 Å². The molecule has 1 aromatic carbocycles. The van der Waals surface area contributed by atoms with Crippen LogP contribution < -0.4 is 11.1 Å². The van der Waals surface area contributed by atoms with Crippen molar-refractivity contribution in [3.8, 4) is 0 Å². The quantitative estimate of drug-likeness (QED) is 0.763. The van der Waals surface area contributed by atoms with E-state index in [9.17, 15) is 4.79 Å². The van der Waals surface area contributed by atoms with Crippen LogP contribution in [0.3, 0.4) is 0 Å². The first-order chi connectivity index (χ1) is 8.17. The molecule has 1 aromatic rings. The molecule has 0 aliphatic rings. The minimum Gasteiger partial charge on any atom is -0.352 e. The summed E-state index contributed by atoms with van der Waals surface area (Å²) in [5, 5.41) is 2.88. The highest BCUT2D eigenvalue weighted by Crippen LogP contribution is 2.17. The predicted molar refractivity (Wildman–Crippen MR) is 73.4 cm³/mol. The van der Waals surface area contributed by atoms with Crippen molar-refractivity contribution in [3.63, 3.8) is 0 Å². The standard InChI is InChI=1S/C13H20N2OS/c1-3-17-12-6-4-11(5-7-12)13(16)15-9-10(2)8-14/h4-7,10H,3,8-9,14H2,1-2H3,(H,15,16). The van der Waals surface area contributed by atoms with Gasteiger partial charge in [0.15, 0.2) is 0 Å². The average Bonchev–Trinajstić information content (AvgIpc) is 2.36. The maximum Gasteiger partial charge on any atom is 0.251 e. The zero-order chi connectivity index (χ0) is 12.7. The third-order valence-electron chi connectivity index (χ3n) is 2.44. The van der Waals surface area contributed by atoms with E-state index in [-0.39, 0.29) is 5.91 Å². The molecule has 4 heteroatoms. The fraction of sp³-hybridized carbons (Fsp3) is 0.462. The number of nitrogens with two attached hydrogens (primary N) is 1. The van der Waals surface area contributed by atoms with Gasteiger partial charge in [0.05, 0.1) is 0 Å². The molecule has 17 heavy (non-hydrogen) atoms. The summed E-state index contributed by atoms with van der Waals surface area (Å²) in [6.07, 6.45) is 0. The van der Waals surface area contributed by atoms with E-state index in [4.69, 9.17) is 5.73 Å². The van der Waals surface area contributed by atoms with E-state index in [0.717, 1.165) is 5.75 Å². The highest BCUT2D eigenvalue weighted by Gasteiger charge is 2.06. The van der Waals surface area contributed by atoms with Gasteiger partial charge >= 0.3 is 0 Å². The van der Waals surface area contributed by atoms with Crippen LogP contribution in [0.15, 0.2) is 29.2 Å². The molecule has 0 aliphatic heterocycles. The lowest BCUT2D eigenvalue weighted by Gasteiger charge is -2.10.